The summed E-state index contributed by atoms with van der Waals surface area (Å²) in [5.41, 5.74) is 15.2. The van der Waals surface area contributed by atoms with E-state index >= 15 is 0 Å². The Balaban J connectivity index is 1.04. The average molecular weight is 758 g/mol. The highest BCUT2D eigenvalue weighted by Crippen LogP contribution is 2.52. The van der Waals surface area contributed by atoms with Gasteiger partial charge in [-0.2, -0.15) is 0 Å². The minimum absolute atomic E-state index is 0.168. The fraction of sp³-hybridized carbons (Fsp3) is 0.0556. The second-order valence-electron chi connectivity index (χ2n) is 15.9. The highest BCUT2D eigenvalue weighted by Gasteiger charge is 2.37. The van der Waals surface area contributed by atoms with Gasteiger partial charge < -0.3 is 8.83 Å². The van der Waals surface area contributed by atoms with Crippen LogP contribution in [-0.4, -0.2) is 15.0 Å². The lowest BCUT2D eigenvalue weighted by Crippen LogP contribution is -2.14. The van der Waals surface area contributed by atoms with E-state index in [1.54, 1.807) is 0 Å². The topological polar surface area (TPSA) is 65.0 Å². The van der Waals surface area contributed by atoms with Crippen LogP contribution < -0.4 is 0 Å². The van der Waals surface area contributed by atoms with Crippen LogP contribution in [-0.2, 0) is 5.41 Å². The molecule has 3 aromatic heterocycles. The molecule has 5 heteroatoms. The predicted octanol–water partition coefficient (Wildman–Crippen LogP) is 14.3. The van der Waals surface area contributed by atoms with Crippen molar-refractivity contribution in [1.29, 1.82) is 0 Å². The Kier molecular flexibility index (Phi) is 7.20. The molecule has 0 aliphatic heterocycles. The van der Waals surface area contributed by atoms with E-state index < -0.39 is 0 Å². The zero-order valence-electron chi connectivity index (χ0n) is 32.4. The van der Waals surface area contributed by atoms with Crippen LogP contribution in [0.5, 0.6) is 0 Å². The molecular formula is C54H35N3O2. The molecule has 11 aromatic rings. The summed E-state index contributed by atoms with van der Waals surface area (Å²) in [7, 11) is 0. The Morgan fingerprint density at radius 2 is 0.983 bits per heavy atom. The van der Waals surface area contributed by atoms with Gasteiger partial charge in [0.25, 0.3) is 0 Å². The number of aromatic nitrogens is 3. The first-order valence-corrected chi connectivity index (χ1v) is 20.0. The molecule has 0 unspecified atom stereocenters. The Hall–Kier alpha value is -7.63. The summed E-state index contributed by atoms with van der Waals surface area (Å²) in [6, 6.07) is 61.2. The van der Waals surface area contributed by atoms with Crippen molar-refractivity contribution in [1.82, 2.24) is 15.0 Å². The van der Waals surface area contributed by atoms with Gasteiger partial charge in [-0.1, -0.05) is 153 Å². The second-order valence-corrected chi connectivity index (χ2v) is 15.9. The van der Waals surface area contributed by atoms with Crippen molar-refractivity contribution in [3.63, 3.8) is 0 Å². The third-order valence-electron chi connectivity index (χ3n) is 12.2. The highest BCUT2D eigenvalue weighted by atomic mass is 16.3. The van der Waals surface area contributed by atoms with Crippen molar-refractivity contribution in [3.05, 3.63) is 187 Å². The third-order valence-corrected chi connectivity index (χ3v) is 12.2. The van der Waals surface area contributed by atoms with Gasteiger partial charge in [-0.05, 0) is 80.9 Å². The van der Waals surface area contributed by atoms with Gasteiger partial charge >= 0.3 is 0 Å². The van der Waals surface area contributed by atoms with Crippen LogP contribution in [0.25, 0.3) is 111 Å². The first-order valence-electron chi connectivity index (χ1n) is 20.0. The Morgan fingerprint density at radius 1 is 0.373 bits per heavy atom. The lowest BCUT2D eigenvalue weighted by atomic mass is 9.82. The number of hydrogen-bond acceptors (Lipinski definition) is 5. The van der Waals surface area contributed by atoms with Crippen LogP contribution in [0.2, 0.25) is 0 Å². The largest absolute Gasteiger partial charge is 0.456 e. The molecule has 1 aliphatic rings. The van der Waals surface area contributed by atoms with Crippen molar-refractivity contribution in [2.45, 2.75) is 19.3 Å². The van der Waals surface area contributed by atoms with Crippen molar-refractivity contribution in [2.24, 2.45) is 0 Å². The van der Waals surface area contributed by atoms with Crippen LogP contribution in [0.4, 0.5) is 0 Å². The fourth-order valence-electron chi connectivity index (χ4n) is 9.31. The number of benzene rings is 8. The standard InChI is InChI=1S/C54H35N3O2/c1-54(2)43-24-8-6-19-39(43)48-41(22-12-25-44(48)54)52-55-51(56-53(57-52)42-23-11-21-38-37-18-7-9-26-45(37)59-50(38)42)35-17-10-16-33(30-35)34-28-29-40-47(31-34)58-46-27-13-20-36(49(40)46)32-14-4-3-5-15-32/h3-31H,1-2H3. The van der Waals surface area contributed by atoms with Crippen LogP contribution in [0.15, 0.2) is 185 Å². The van der Waals surface area contributed by atoms with E-state index in [1.807, 2.05) is 36.4 Å². The van der Waals surface area contributed by atoms with E-state index in [0.717, 1.165) is 77.3 Å². The molecule has 0 saturated carbocycles. The molecule has 0 amide bonds. The molecule has 1 aliphatic carbocycles. The number of furan rings is 2. The Morgan fingerprint density at radius 3 is 1.90 bits per heavy atom. The molecule has 5 nitrogen and oxygen atoms in total. The number of rotatable bonds is 5. The lowest BCUT2D eigenvalue weighted by molar-refractivity contribution is 0.660. The first kappa shape index (κ1) is 33.5. The molecule has 0 fully saturated rings. The molecule has 0 N–H and O–H groups in total. The average Bonchev–Trinajstić information content (AvgIpc) is 3.94. The molecule has 0 atom stereocenters. The molecule has 0 radical (unpaired) electrons. The van der Waals surface area contributed by atoms with Crippen LogP contribution >= 0.6 is 0 Å². The van der Waals surface area contributed by atoms with Gasteiger partial charge in [0, 0.05) is 38.1 Å². The van der Waals surface area contributed by atoms with Crippen molar-refractivity contribution < 1.29 is 8.83 Å². The Bertz CT molecular complexity index is 3480. The molecule has 0 saturated heterocycles. The fourth-order valence-corrected chi connectivity index (χ4v) is 9.31. The number of nitrogens with zero attached hydrogens (tertiary/aromatic N) is 3. The summed E-state index contributed by atoms with van der Waals surface area (Å²) in [5.74, 6) is 1.76. The second kappa shape index (κ2) is 12.7. The molecule has 0 spiro atoms. The minimum atomic E-state index is -0.168. The molecule has 8 aromatic carbocycles. The van der Waals surface area contributed by atoms with Crippen LogP contribution in [0.3, 0.4) is 0 Å². The maximum atomic E-state index is 6.53. The van der Waals surface area contributed by atoms with Crippen molar-refractivity contribution >= 4 is 43.9 Å². The molecule has 0 bridgehead atoms. The van der Waals surface area contributed by atoms with E-state index in [9.17, 15) is 0 Å². The number of hydrogen-bond donors (Lipinski definition) is 0. The van der Waals surface area contributed by atoms with Crippen LogP contribution in [0.1, 0.15) is 25.0 Å². The monoisotopic (exact) mass is 757 g/mol. The van der Waals surface area contributed by atoms with Crippen molar-refractivity contribution in [3.8, 4) is 67.5 Å². The van der Waals surface area contributed by atoms with Crippen LogP contribution in [0, 0.1) is 0 Å². The lowest BCUT2D eigenvalue weighted by Gasteiger charge is -2.21. The SMILES string of the molecule is CC1(C)c2ccccc2-c2c(-c3nc(-c4cccc(-c5ccc6c(c5)oc5cccc(-c7ccccc7)c56)c4)nc(-c4cccc5c4oc4ccccc45)n3)cccc21. The summed E-state index contributed by atoms with van der Waals surface area (Å²) >= 11 is 0. The van der Waals surface area contributed by atoms with Crippen molar-refractivity contribution in [2.75, 3.05) is 0 Å². The van der Waals surface area contributed by atoms with E-state index in [2.05, 4.69) is 153 Å². The van der Waals surface area contributed by atoms with Gasteiger partial charge in [-0.3, -0.25) is 0 Å². The molecule has 59 heavy (non-hydrogen) atoms. The van der Waals surface area contributed by atoms with Gasteiger partial charge in [-0.15, -0.1) is 0 Å². The van der Waals surface area contributed by atoms with E-state index in [-0.39, 0.29) is 5.41 Å². The molecule has 278 valence electrons. The van der Waals surface area contributed by atoms with E-state index in [0.29, 0.717) is 17.5 Å². The van der Waals surface area contributed by atoms with Gasteiger partial charge in [-0.25, -0.2) is 15.0 Å². The first-order chi connectivity index (χ1) is 29.0. The summed E-state index contributed by atoms with van der Waals surface area (Å²) in [6.07, 6.45) is 0. The van der Waals surface area contributed by atoms with E-state index in [1.165, 1.54) is 27.8 Å². The number of para-hydroxylation sites is 2. The molecular weight excluding hydrogens is 723 g/mol. The quantitative estimate of drug-likeness (QED) is 0.175. The summed E-state index contributed by atoms with van der Waals surface area (Å²) in [6.45, 7) is 4.59. The Labute approximate surface area is 340 Å². The number of fused-ring (bicyclic) bond motifs is 9. The van der Waals surface area contributed by atoms with Gasteiger partial charge in [0.2, 0.25) is 0 Å². The van der Waals surface area contributed by atoms with E-state index in [4.69, 9.17) is 23.8 Å². The van der Waals surface area contributed by atoms with Gasteiger partial charge in [0.15, 0.2) is 17.5 Å². The predicted molar refractivity (Wildman–Crippen MR) is 239 cm³/mol. The zero-order chi connectivity index (χ0) is 39.2. The summed E-state index contributed by atoms with van der Waals surface area (Å²) in [4.78, 5) is 15.8. The highest BCUT2D eigenvalue weighted by molar-refractivity contribution is 6.13. The maximum Gasteiger partial charge on any atom is 0.167 e. The molecule has 12 rings (SSSR count). The van der Waals surface area contributed by atoms with Gasteiger partial charge in [0.05, 0.1) is 5.56 Å². The maximum absolute atomic E-state index is 6.53. The summed E-state index contributed by atoms with van der Waals surface area (Å²) < 4.78 is 13.0. The third kappa shape index (κ3) is 5.14. The molecule has 3 heterocycles. The smallest absolute Gasteiger partial charge is 0.167 e. The minimum Gasteiger partial charge on any atom is -0.456 e. The van der Waals surface area contributed by atoms with Gasteiger partial charge in [0.1, 0.15) is 22.3 Å². The normalized spacial score (nSPS) is 13.1. The summed E-state index contributed by atoms with van der Waals surface area (Å²) in [5, 5.41) is 4.30. The zero-order valence-corrected chi connectivity index (χ0v) is 32.4.